The fourth-order valence-corrected chi connectivity index (χ4v) is 3.93. The molecule has 1 saturated heterocycles. The van der Waals surface area contributed by atoms with Crippen molar-refractivity contribution >= 4 is 0 Å². The van der Waals surface area contributed by atoms with Crippen LogP contribution in [0, 0.1) is 0 Å². The summed E-state index contributed by atoms with van der Waals surface area (Å²) in [5.41, 5.74) is 2.99. The zero-order valence-corrected chi connectivity index (χ0v) is 12.5. The van der Waals surface area contributed by atoms with Gasteiger partial charge >= 0.3 is 0 Å². The van der Waals surface area contributed by atoms with Crippen molar-refractivity contribution in [3.8, 4) is 0 Å². The molecule has 0 spiro atoms. The summed E-state index contributed by atoms with van der Waals surface area (Å²) < 4.78 is 1.13. The van der Waals surface area contributed by atoms with Crippen LogP contribution >= 0.6 is 0 Å². The SMILES string of the molecule is CC[N+]1(C)[C@H](c2ccccc2)CC[C@H]1c1ccccc1. The number of quaternary nitrogens is 1. The lowest BCUT2D eigenvalue weighted by molar-refractivity contribution is -0.953. The fraction of sp³-hybridized carbons (Fsp3) is 0.368. The zero-order chi connectivity index (χ0) is 14.0. The number of hydrogen-bond acceptors (Lipinski definition) is 0. The van der Waals surface area contributed by atoms with Crippen molar-refractivity contribution in [3.63, 3.8) is 0 Å². The summed E-state index contributed by atoms with van der Waals surface area (Å²) >= 11 is 0. The summed E-state index contributed by atoms with van der Waals surface area (Å²) in [4.78, 5) is 0. The standard InChI is InChI=1S/C19H24N/c1-3-20(2)18(16-10-6-4-7-11-16)14-15-19(20)17-12-8-5-9-13-17/h4-13,18-19H,3,14-15H2,1-2H3/q+1/t18-,19-/m0/s1. The Labute approximate surface area is 122 Å². The Hall–Kier alpha value is -1.60. The minimum absolute atomic E-state index is 0.631. The highest BCUT2D eigenvalue weighted by Crippen LogP contribution is 2.49. The normalized spacial score (nSPS) is 24.7. The van der Waals surface area contributed by atoms with Crippen LogP contribution in [0.25, 0.3) is 0 Å². The van der Waals surface area contributed by atoms with E-state index in [9.17, 15) is 0 Å². The van der Waals surface area contributed by atoms with E-state index in [2.05, 4.69) is 74.6 Å². The summed E-state index contributed by atoms with van der Waals surface area (Å²) in [6.07, 6.45) is 2.57. The average Bonchev–Trinajstić information content (AvgIpc) is 2.87. The van der Waals surface area contributed by atoms with Crippen molar-refractivity contribution in [1.29, 1.82) is 0 Å². The van der Waals surface area contributed by atoms with Gasteiger partial charge < -0.3 is 4.48 Å². The fourth-order valence-electron chi connectivity index (χ4n) is 3.93. The summed E-state index contributed by atoms with van der Waals surface area (Å²) in [5.74, 6) is 0. The van der Waals surface area contributed by atoms with Gasteiger partial charge in [0, 0.05) is 24.0 Å². The maximum absolute atomic E-state index is 2.43. The predicted molar refractivity (Wildman–Crippen MR) is 84.3 cm³/mol. The smallest absolute Gasteiger partial charge is 0.115 e. The third-order valence-corrected chi connectivity index (χ3v) is 5.19. The second-order valence-corrected chi connectivity index (χ2v) is 6.09. The van der Waals surface area contributed by atoms with Gasteiger partial charge in [-0.1, -0.05) is 60.7 Å². The molecule has 2 atom stereocenters. The summed E-state index contributed by atoms with van der Waals surface area (Å²) in [6.45, 7) is 3.51. The van der Waals surface area contributed by atoms with Crippen LogP contribution in [0.15, 0.2) is 60.7 Å². The Morgan fingerprint density at radius 1 is 0.800 bits per heavy atom. The predicted octanol–water partition coefficient (Wildman–Crippen LogP) is 4.73. The van der Waals surface area contributed by atoms with Crippen LogP contribution in [0.2, 0.25) is 0 Å². The van der Waals surface area contributed by atoms with E-state index in [-0.39, 0.29) is 0 Å². The molecule has 104 valence electrons. The van der Waals surface area contributed by atoms with Crippen LogP contribution < -0.4 is 0 Å². The molecular weight excluding hydrogens is 242 g/mol. The highest BCUT2D eigenvalue weighted by Gasteiger charge is 2.46. The van der Waals surface area contributed by atoms with E-state index in [0.717, 1.165) is 4.48 Å². The zero-order valence-electron chi connectivity index (χ0n) is 12.5. The van der Waals surface area contributed by atoms with Crippen LogP contribution in [-0.2, 0) is 0 Å². The molecular formula is C19H24N+. The molecule has 2 aromatic carbocycles. The van der Waals surface area contributed by atoms with Gasteiger partial charge in [-0.3, -0.25) is 0 Å². The van der Waals surface area contributed by atoms with E-state index < -0.39 is 0 Å². The second-order valence-electron chi connectivity index (χ2n) is 6.09. The van der Waals surface area contributed by atoms with Crippen LogP contribution in [0.5, 0.6) is 0 Å². The van der Waals surface area contributed by atoms with Gasteiger partial charge in [-0.05, 0) is 6.92 Å². The molecule has 1 nitrogen and oxygen atoms in total. The molecule has 0 bridgehead atoms. The van der Waals surface area contributed by atoms with Gasteiger partial charge in [0.25, 0.3) is 0 Å². The molecule has 0 unspecified atom stereocenters. The van der Waals surface area contributed by atoms with Crippen LogP contribution in [0.1, 0.15) is 43.0 Å². The number of likely N-dealkylation sites (tertiary alicyclic amines) is 1. The van der Waals surface area contributed by atoms with Gasteiger partial charge in [-0.15, -0.1) is 0 Å². The Morgan fingerprint density at radius 2 is 1.20 bits per heavy atom. The molecule has 0 N–H and O–H groups in total. The van der Waals surface area contributed by atoms with Gasteiger partial charge in [0.2, 0.25) is 0 Å². The van der Waals surface area contributed by atoms with Gasteiger partial charge in [-0.2, -0.15) is 0 Å². The quantitative estimate of drug-likeness (QED) is 0.705. The van der Waals surface area contributed by atoms with Gasteiger partial charge in [0.05, 0.1) is 13.6 Å². The molecule has 0 aliphatic carbocycles. The molecule has 2 aromatic rings. The molecule has 1 fully saturated rings. The molecule has 1 heterocycles. The lowest BCUT2D eigenvalue weighted by Gasteiger charge is -2.41. The van der Waals surface area contributed by atoms with E-state index in [4.69, 9.17) is 0 Å². The lowest BCUT2D eigenvalue weighted by Crippen LogP contribution is -2.44. The highest BCUT2D eigenvalue weighted by molar-refractivity contribution is 5.22. The first-order valence-electron chi connectivity index (χ1n) is 7.70. The number of nitrogens with zero attached hydrogens (tertiary/aromatic N) is 1. The number of benzene rings is 2. The maximum atomic E-state index is 2.43. The van der Waals surface area contributed by atoms with Crippen LogP contribution in [0.3, 0.4) is 0 Å². The molecule has 1 aliphatic rings. The Bertz CT molecular complexity index is 499. The van der Waals surface area contributed by atoms with E-state index in [1.54, 1.807) is 0 Å². The molecule has 3 rings (SSSR count). The van der Waals surface area contributed by atoms with Crippen molar-refractivity contribution < 1.29 is 4.48 Å². The molecule has 0 amide bonds. The minimum Gasteiger partial charge on any atom is -0.314 e. The van der Waals surface area contributed by atoms with E-state index in [0.29, 0.717) is 12.1 Å². The first kappa shape index (κ1) is 13.4. The minimum atomic E-state index is 0.631. The average molecular weight is 266 g/mol. The van der Waals surface area contributed by atoms with Crippen molar-refractivity contribution in [2.45, 2.75) is 31.8 Å². The summed E-state index contributed by atoms with van der Waals surface area (Å²) in [6, 6.07) is 23.4. The summed E-state index contributed by atoms with van der Waals surface area (Å²) in [7, 11) is 2.43. The number of hydrogen-bond donors (Lipinski definition) is 0. The Morgan fingerprint density at radius 3 is 1.55 bits per heavy atom. The molecule has 1 aliphatic heterocycles. The van der Waals surface area contributed by atoms with Crippen molar-refractivity contribution in [2.24, 2.45) is 0 Å². The Balaban J connectivity index is 1.97. The van der Waals surface area contributed by atoms with Gasteiger partial charge in [0.15, 0.2) is 0 Å². The molecule has 0 saturated carbocycles. The van der Waals surface area contributed by atoms with E-state index in [1.165, 1.54) is 30.5 Å². The monoisotopic (exact) mass is 266 g/mol. The van der Waals surface area contributed by atoms with Gasteiger partial charge in [-0.25, -0.2) is 0 Å². The van der Waals surface area contributed by atoms with E-state index >= 15 is 0 Å². The molecule has 0 radical (unpaired) electrons. The Kier molecular flexibility index (Phi) is 3.62. The lowest BCUT2D eigenvalue weighted by atomic mass is 10.0. The summed E-state index contributed by atoms with van der Waals surface area (Å²) in [5, 5.41) is 0. The van der Waals surface area contributed by atoms with Crippen molar-refractivity contribution in [2.75, 3.05) is 13.6 Å². The third kappa shape index (κ3) is 2.16. The number of rotatable bonds is 3. The van der Waals surface area contributed by atoms with Crippen molar-refractivity contribution in [1.82, 2.24) is 0 Å². The van der Waals surface area contributed by atoms with Crippen LogP contribution in [-0.4, -0.2) is 18.1 Å². The first-order valence-corrected chi connectivity index (χ1v) is 7.70. The topological polar surface area (TPSA) is 0 Å². The van der Waals surface area contributed by atoms with Crippen molar-refractivity contribution in [3.05, 3.63) is 71.8 Å². The van der Waals surface area contributed by atoms with E-state index in [1.807, 2.05) is 0 Å². The molecule has 0 aromatic heterocycles. The third-order valence-electron chi connectivity index (χ3n) is 5.19. The first-order chi connectivity index (χ1) is 9.75. The molecule has 1 heteroatoms. The highest BCUT2D eigenvalue weighted by atomic mass is 15.4. The maximum Gasteiger partial charge on any atom is 0.115 e. The second kappa shape index (κ2) is 5.41. The molecule has 20 heavy (non-hydrogen) atoms. The van der Waals surface area contributed by atoms with Crippen LogP contribution in [0.4, 0.5) is 0 Å². The van der Waals surface area contributed by atoms with Gasteiger partial charge in [0.1, 0.15) is 12.1 Å². The largest absolute Gasteiger partial charge is 0.314 e.